The molecule has 0 saturated carbocycles. The van der Waals surface area contributed by atoms with Gasteiger partial charge in [-0.25, -0.2) is 22.9 Å². The number of ether oxygens (including phenoxy) is 1. The Hall–Kier alpha value is -2.42. The lowest BCUT2D eigenvalue weighted by atomic mass is 10.0. The second-order valence-electron chi connectivity index (χ2n) is 6.04. The fourth-order valence-electron chi connectivity index (χ4n) is 2.27. The number of carbonyl (C=O) groups is 1. The zero-order valence-electron chi connectivity index (χ0n) is 15.8. The van der Waals surface area contributed by atoms with E-state index < -0.39 is 16.1 Å². The topological polar surface area (TPSA) is 88.1 Å². The summed E-state index contributed by atoms with van der Waals surface area (Å²) in [5.41, 5.74) is 4.92. The molecule has 2 aromatic carbocycles. The first-order valence-corrected chi connectivity index (χ1v) is 10.5. The Labute approximate surface area is 170 Å². The van der Waals surface area contributed by atoms with Crippen LogP contribution in [0.15, 0.2) is 53.6 Å². The molecule has 0 aliphatic heterocycles. The normalized spacial score (nSPS) is 12.1. The van der Waals surface area contributed by atoms with Gasteiger partial charge in [0, 0.05) is 30.2 Å². The Balaban J connectivity index is 2.33. The lowest BCUT2D eigenvalue weighted by Crippen LogP contribution is -2.23. The Bertz CT molecular complexity index is 940. The predicted molar refractivity (Wildman–Crippen MR) is 110 cm³/mol. The first-order valence-electron chi connectivity index (χ1n) is 8.49. The summed E-state index contributed by atoms with van der Waals surface area (Å²) in [4.78, 5) is 11.6. The second kappa shape index (κ2) is 9.68. The van der Waals surface area contributed by atoms with Gasteiger partial charge in [0.1, 0.15) is 0 Å². The van der Waals surface area contributed by atoms with Crippen molar-refractivity contribution >= 4 is 33.4 Å². The maximum atomic E-state index is 12.0. The molecule has 0 spiro atoms. The number of nitrogens with zero attached hydrogens (tertiary/aromatic N) is 2. The molecule has 0 aliphatic carbocycles. The van der Waals surface area contributed by atoms with E-state index in [0.717, 1.165) is 5.56 Å². The molecule has 28 heavy (non-hydrogen) atoms. The number of nitrogens with one attached hydrogen (secondary N) is 1. The minimum atomic E-state index is -3.35. The first-order chi connectivity index (χ1) is 13.2. The molecule has 1 N–H and O–H groups in total. The van der Waals surface area contributed by atoms with E-state index in [4.69, 9.17) is 16.3 Å². The van der Waals surface area contributed by atoms with E-state index in [0.29, 0.717) is 21.9 Å². The maximum absolute atomic E-state index is 12.0. The summed E-state index contributed by atoms with van der Waals surface area (Å²) in [7, 11) is -0.362. The van der Waals surface area contributed by atoms with Crippen LogP contribution in [0.5, 0.6) is 0 Å². The van der Waals surface area contributed by atoms with Crippen LogP contribution in [0.25, 0.3) is 0 Å². The van der Waals surface area contributed by atoms with Crippen LogP contribution in [0.1, 0.15) is 23.6 Å². The van der Waals surface area contributed by atoms with Crippen LogP contribution in [0, 0.1) is 0 Å². The smallest absolute Gasteiger partial charge is 0.427 e. The highest BCUT2D eigenvalue weighted by molar-refractivity contribution is 7.88. The molecule has 0 bridgehead atoms. The first kappa shape index (κ1) is 21.9. The van der Waals surface area contributed by atoms with Gasteiger partial charge in [0.25, 0.3) is 0 Å². The van der Waals surface area contributed by atoms with Gasteiger partial charge in [0.15, 0.2) is 0 Å². The number of rotatable bonds is 7. The molecule has 2 aromatic rings. The fourth-order valence-corrected chi connectivity index (χ4v) is 3.26. The fraction of sp³-hybridized carbons (Fsp3) is 0.263. The van der Waals surface area contributed by atoms with Crippen LogP contribution in [0.3, 0.4) is 0 Å². The molecular weight excluding hydrogens is 402 g/mol. The minimum absolute atomic E-state index is 0.102. The van der Waals surface area contributed by atoms with E-state index in [1.807, 2.05) is 0 Å². The standard InChI is InChI=1S/C19H22ClN3O4S/c1-4-27-19(24)22-21-18(16-9-11-17(20)12-10-16)15-7-5-14(6-8-15)13-28(25,26)23(2)3/h5-12H,4,13H2,1-3H3,(H,22,24). The maximum Gasteiger partial charge on any atom is 0.427 e. The van der Waals surface area contributed by atoms with Crippen molar-refractivity contribution in [3.05, 3.63) is 70.2 Å². The summed E-state index contributed by atoms with van der Waals surface area (Å²) in [6.45, 7) is 1.93. The average molecular weight is 424 g/mol. The second-order valence-corrected chi connectivity index (χ2v) is 8.65. The summed E-state index contributed by atoms with van der Waals surface area (Å²) in [6.07, 6.45) is -0.664. The van der Waals surface area contributed by atoms with Gasteiger partial charge in [-0.3, -0.25) is 0 Å². The summed E-state index contributed by atoms with van der Waals surface area (Å²) >= 11 is 5.95. The number of sulfonamides is 1. The number of benzene rings is 2. The van der Waals surface area contributed by atoms with Crippen LogP contribution in [-0.2, 0) is 20.5 Å². The molecule has 0 unspecified atom stereocenters. The Morgan fingerprint density at radius 3 is 2.11 bits per heavy atom. The number of hydrogen-bond acceptors (Lipinski definition) is 5. The highest BCUT2D eigenvalue weighted by atomic mass is 35.5. The number of hydrogen-bond donors (Lipinski definition) is 1. The zero-order chi connectivity index (χ0) is 20.7. The molecule has 0 radical (unpaired) electrons. The lowest BCUT2D eigenvalue weighted by Gasteiger charge is -2.12. The van der Waals surface area contributed by atoms with Crippen molar-refractivity contribution in [1.29, 1.82) is 0 Å². The quantitative estimate of drug-likeness (QED) is 0.547. The van der Waals surface area contributed by atoms with E-state index in [1.54, 1.807) is 55.5 Å². The van der Waals surface area contributed by atoms with Gasteiger partial charge in [0.05, 0.1) is 18.1 Å². The van der Waals surface area contributed by atoms with E-state index in [2.05, 4.69) is 10.5 Å². The third kappa shape index (κ3) is 6.05. The van der Waals surface area contributed by atoms with Crippen molar-refractivity contribution in [3.63, 3.8) is 0 Å². The Kier molecular flexibility index (Phi) is 7.56. The molecular formula is C19H22ClN3O4S. The van der Waals surface area contributed by atoms with Gasteiger partial charge in [-0.2, -0.15) is 5.10 Å². The summed E-state index contributed by atoms with van der Waals surface area (Å²) in [6, 6.07) is 13.9. The molecule has 0 saturated heterocycles. The van der Waals surface area contributed by atoms with Crippen LogP contribution in [0.2, 0.25) is 5.02 Å². The van der Waals surface area contributed by atoms with E-state index in [9.17, 15) is 13.2 Å². The van der Waals surface area contributed by atoms with Gasteiger partial charge in [-0.1, -0.05) is 48.0 Å². The third-order valence-electron chi connectivity index (χ3n) is 3.78. The van der Waals surface area contributed by atoms with E-state index in [-0.39, 0.29) is 12.4 Å². The van der Waals surface area contributed by atoms with Crippen LogP contribution >= 0.6 is 11.6 Å². The van der Waals surface area contributed by atoms with Gasteiger partial charge < -0.3 is 4.74 Å². The highest BCUT2D eigenvalue weighted by Gasteiger charge is 2.15. The van der Waals surface area contributed by atoms with Gasteiger partial charge in [-0.05, 0) is 24.6 Å². The monoisotopic (exact) mass is 423 g/mol. The van der Waals surface area contributed by atoms with E-state index in [1.165, 1.54) is 18.4 Å². The molecule has 0 fully saturated rings. The van der Waals surface area contributed by atoms with Crippen LogP contribution < -0.4 is 5.43 Å². The van der Waals surface area contributed by atoms with Gasteiger partial charge >= 0.3 is 6.09 Å². The van der Waals surface area contributed by atoms with Crippen molar-refractivity contribution in [2.45, 2.75) is 12.7 Å². The van der Waals surface area contributed by atoms with Gasteiger partial charge in [0.2, 0.25) is 10.0 Å². The zero-order valence-corrected chi connectivity index (χ0v) is 17.4. The number of carbonyl (C=O) groups excluding carboxylic acids is 1. The SMILES string of the molecule is CCOC(=O)NN=C(c1ccc(Cl)cc1)c1ccc(CS(=O)(=O)N(C)C)cc1. The van der Waals surface area contributed by atoms with Crippen molar-refractivity contribution in [2.75, 3.05) is 20.7 Å². The molecule has 0 heterocycles. The van der Waals surface area contributed by atoms with Crippen molar-refractivity contribution in [1.82, 2.24) is 9.73 Å². The molecule has 1 amide bonds. The number of halogens is 1. The number of hydrazone groups is 1. The molecule has 150 valence electrons. The average Bonchev–Trinajstić information content (AvgIpc) is 2.64. The molecule has 9 heteroatoms. The van der Waals surface area contributed by atoms with Crippen LogP contribution in [0.4, 0.5) is 4.79 Å². The highest BCUT2D eigenvalue weighted by Crippen LogP contribution is 2.17. The molecule has 7 nitrogen and oxygen atoms in total. The summed E-state index contributed by atoms with van der Waals surface area (Å²) in [5.74, 6) is -0.102. The summed E-state index contributed by atoms with van der Waals surface area (Å²) < 4.78 is 30.1. The molecule has 2 rings (SSSR count). The van der Waals surface area contributed by atoms with E-state index >= 15 is 0 Å². The largest absolute Gasteiger partial charge is 0.449 e. The number of amides is 1. The summed E-state index contributed by atoms with van der Waals surface area (Å²) in [5, 5.41) is 4.74. The molecule has 0 atom stereocenters. The van der Waals surface area contributed by atoms with Crippen LogP contribution in [-0.4, -0.2) is 45.2 Å². The van der Waals surface area contributed by atoms with Gasteiger partial charge in [-0.15, -0.1) is 0 Å². The predicted octanol–water partition coefficient (Wildman–Crippen LogP) is 3.23. The minimum Gasteiger partial charge on any atom is -0.449 e. The lowest BCUT2D eigenvalue weighted by molar-refractivity contribution is 0.152. The molecule has 0 aliphatic rings. The van der Waals surface area contributed by atoms with Crippen molar-refractivity contribution in [3.8, 4) is 0 Å². The van der Waals surface area contributed by atoms with Crippen molar-refractivity contribution in [2.24, 2.45) is 5.10 Å². The Morgan fingerprint density at radius 1 is 1.07 bits per heavy atom. The molecule has 0 aromatic heterocycles. The third-order valence-corrected chi connectivity index (χ3v) is 5.85. The Morgan fingerprint density at radius 2 is 1.61 bits per heavy atom. The van der Waals surface area contributed by atoms with Crippen molar-refractivity contribution < 1.29 is 17.9 Å².